The molecule has 0 aliphatic rings. The van der Waals surface area contributed by atoms with Crippen molar-refractivity contribution in [2.24, 2.45) is 0 Å². The highest BCUT2D eigenvalue weighted by molar-refractivity contribution is 6.18. The molecule has 5 nitrogen and oxygen atoms in total. The number of nitrogens with one attached hydrogen (secondary N) is 1. The van der Waals surface area contributed by atoms with E-state index in [1.165, 1.54) is 0 Å². The number of halogens is 2. The van der Waals surface area contributed by atoms with Gasteiger partial charge < -0.3 is 15.3 Å². The zero-order valence-electron chi connectivity index (χ0n) is 10.8. The number of carbonyl (C=O) groups is 2. The largest absolute Gasteiger partial charge is 0.480 e. The van der Waals surface area contributed by atoms with E-state index < -0.39 is 18.4 Å². The lowest BCUT2D eigenvalue weighted by Gasteiger charge is -2.23. The van der Waals surface area contributed by atoms with Gasteiger partial charge >= 0.3 is 5.97 Å². The molecule has 0 bridgehead atoms. The van der Waals surface area contributed by atoms with Gasteiger partial charge in [-0.05, 0) is 18.2 Å². The van der Waals surface area contributed by atoms with Crippen LogP contribution in [0, 0.1) is 0 Å². The second-order valence-corrected chi connectivity index (χ2v) is 4.75. The maximum absolute atomic E-state index is 11.8. The van der Waals surface area contributed by atoms with Gasteiger partial charge in [-0.25, -0.2) is 0 Å². The summed E-state index contributed by atoms with van der Waals surface area (Å²) in [7, 11) is 0. The van der Waals surface area contributed by atoms with Gasteiger partial charge in [0.25, 0.3) is 5.91 Å². The third-order valence-corrected chi connectivity index (χ3v) is 2.92. The van der Waals surface area contributed by atoms with Crippen molar-refractivity contribution in [3.8, 4) is 0 Å². The van der Waals surface area contributed by atoms with Gasteiger partial charge in [0.1, 0.15) is 6.54 Å². The standard InChI is InChI=1S/C13H16Cl2N2O3/c14-4-6-17(7-5-15)11-3-1-2-10(8-11)13(20)16-9-12(18)19/h1-3,8H,4-7,9H2,(H,16,20)(H,18,19). The fraction of sp³-hybridized carbons (Fsp3) is 0.385. The monoisotopic (exact) mass is 318 g/mol. The van der Waals surface area contributed by atoms with Crippen LogP contribution in [-0.2, 0) is 4.79 Å². The van der Waals surface area contributed by atoms with Gasteiger partial charge in [-0.1, -0.05) is 6.07 Å². The van der Waals surface area contributed by atoms with Gasteiger partial charge in [0.15, 0.2) is 0 Å². The van der Waals surface area contributed by atoms with Gasteiger partial charge in [0.2, 0.25) is 0 Å². The van der Waals surface area contributed by atoms with Gasteiger partial charge in [-0.15, -0.1) is 23.2 Å². The van der Waals surface area contributed by atoms with E-state index in [-0.39, 0.29) is 0 Å². The number of alkyl halides is 2. The maximum atomic E-state index is 11.8. The Hall–Kier alpha value is -1.46. The summed E-state index contributed by atoms with van der Waals surface area (Å²) < 4.78 is 0. The molecule has 0 unspecified atom stereocenters. The van der Waals surface area contributed by atoms with Crippen LogP contribution in [0.15, 0.2) is 24.3 Å². The highest BCUT2D eigenvalue weighted by atomic mass is 35.5. The number of hydrogen-bond acceptors (Lipinski definition) is 3. The predicted octanol–water partition coefficient (Wildman–Crippen LogP) is 1.78. The molecule has 20 heavy (non-hydrogen) atoms. The average Bonchev–Trinajstić information content (AvgIpc) is 2.44. The van der Waals surface area contributed by atoms with Crippen LogP contribution < -0.4 is 10.2 Å². The highest BCUT2D eigenvalue weighted by Crippen LogP contribution is 2.16. The average molecular weight is 319 g/mol. The zero-order valence-corrected chi connectivity index (χ0v) is 12.3. The molecular weight excluding hydrogens is 303 g/mol. The van der Waals surface area contributed by atoms with Crippen LogP contribution in [0.2, 0.25) is 0 Å². The molecule has 7 heteroatoms. The molecule has 0 fully saturated rings. The number of benzene rings is 1. The van der Waals surface area contributed by atoms with E-state index in [0.29, 0.717) is 30.4 Å². The van der Waals surface area contributed by atoms with Gasteiger partial charge in [-0.3, -0.25) is 9.59 Å². The molecule has 0 aromatic heterocycles. The fourth-order valence-electron chi connectivity index (χ4n) is 1.68. The van der Waals surface area contributed by atoms with Crippen molar-refractivity contribution in [1.82, 2.24) is 5.32 Å². The third-order valence-electron chi connectivity index (χ3n) is 2.58. The summed E-state index contributed by atoms with van der Waals surface area (Å²) in [4.78, 5) is 24.2. The lowest BCUT2D eigenvalue weighted by Crippen LogP contribution is -2.30. The van der Waals surface area contributed by atoms with E-state index >= 15 is 0 Å². The zero-order chi connectivity index (χ0) is 15.0. The third kappa shape index (κ3) is 5.27. The van der Waals surface area contributed by atoms with Crippen LogP contribution in [0.5, 0.6) is 0 Å². The topological polar surface area (TPSA) is 69.6 Å². The Bertz CT molecular complexity index is 463. The minimum atomic E-state index is -1.08. The molecule has 0 radical (unpaired) electrons. The molecule has 1 rings (SSSR count). The van der Waals surface area contributed by atoms with Crippen LogP contribution >= 0.6 is 23.2 Å². The Kier molecular flexibility index (Phi) is 7.18. The van der Waals surface area contributed by atoms with E-state index in [9.17, 15) is 9.59 Å². The van der Waals surface area contributed by atoms with Crippen LogP contribution in [0.3, 0.4) is 0 Å². The first-order chi connectivity index (χ1) is 9.58. The van der Waals surface area contributed by atoms with Crippen molar-refractivity contribution < 1.29 is 14.7 Å². The van der Waals surface area contributed by atoms with Gasteiger partial charge in [0.05, 0.1) is 0 Å². The molecule has 0 atom stereocenters. The van der Waals surface area contributed by atoms with E-state index in [1.54, 1.807) is 18.2 Å². The normalized spacial score (nSPS) is 10.1. The Morgan fingerprint density at radius 3 is 2.40 bits per heavy atom. The number of anilines is 1. The fourth-order valence-corrected chi connectivity index (χ4v) is 2.08. The maximum Gasteiger partial charge on any atom is 0.322 e. The van der Waals surface area contributed by atoms with Crippen molar-refractivity contribution in [2.45, 2.75) is 0 Å². The first kappa shape index (κ1) is 16.6. The molecule has 110 valence electrons. The van der Waals surface area contributed by atoms with Gasteiger partial charge in [-0.2, -0.15) is 0 Å². The molecule has 1 aromatic rings. The number of carboxylic acid groups (broad SMARTS) is 1. The minimum absolute atomic E-state index is 0.401. The first-order valence-electron chi connectivity index (χ1n) is 6.05. The van der Waals surface area contributed by atoms with Crippen LogP contribution in [0.25, 0.3) is 0 Å². The molecule has 1 amide bonds. The number of nitrogens with zero attached hydrogens (tertiary/aromatic N) is 1. The van der Waals surface area contributed by atoms with Crippen molar-refractivity contribution in [1.29, 1.82) is 0 Å². The summed E-state index contributed by atoms with van der Waals surface area (Å²) in [6, 6.07) is 6.91. The molecular formula is C13H16Cl2N2O3. The Morgan fingerprint density at radius 1 is 1.20 bits per heavy atom. The number of hydrogen-bond donors (Lipinski definition) is 2. The van der Waals surface area contributed by atoms with Gasteiger partial charge in [0, 0.05) is 36.1 Å². The van der Waals surface area contributed by atoms with E-state index in [0.717, 1.165) is 5.69 Å². The summed E-state index contributed by atoms with van der Waals surface area (Å²) in [5.41, 5.74) is 1.23. The number of carbonyl (C=O) groups excluding carboxylic acids is 1. The second kappa shape index (κ2) is 8.66. The van der Waals surface area contributed by atoms with Crippen LogP contribution in [-0.4, -0.2) is 48.4 Å². The van der Waals surface area contributed by atoms with Crippen molar-refractivity contribution in [3.63, 3.8) is 0 Å². The summed E-state index contributed by atoms with van der Waals surface area (Å²) in [6.07, 6.45) is 0. The molecule has 0 spiro atoms. The molecule has 1 aromatic carbocycles. The molecule has 0 aliphatic carbocycles. The minimum Gasteiger partial charge on any atom is -0.480 e. The van der Waals surface area contributed by atoms with E-state index in [1.807, 2.05) is 11.0 Å². The highest BCUT2D eigenvalue weighted by Gasteiger charge is 2.10. The Balaban J connectivity index is 2.82. The SMILES string of the molecule is O=C(O)CNC(=O)c1cccc(N(CCCl)CCCl)c1. The quantitative estimate of drug-likeness (QED) is 0.717. The van der Waals surface area contributed by atoms with Crippen molar-refractivity contribution in [3.05, 3.63) is 29.8 Å². The van der Waals surface area contributed by atoms with E-state index in [2.05, 4.69) is 5.32 Å². The number of aliphatic carboxylic acids is 1. The van der Waals surface area contributed by atoms with Crippen molar-refractivity contribution in [2.75, 3.05) is 36.3 Å². The lowest BCUT2D eigenvalue weighted by molar-refractivity contribution is -0.135. The number of rotatable bonds is 8. The first-order valence-corrected chi connectivity index (χ1v) is 7.12. The molecule has 0 saturated carbocycles. The Morgan fingerprint density at radius 2 is 1.85 bits per heavy atom. The summed E-state index contributed by atoms with van der Waals surface area (Å²) in [5.74, 6) is -0.607. The Labute approximate surface area is 127 Å². The number of amides is 1. The molecule has 0 aliphatic heterocycles. The second-order valence-electron chi connectivity index (χ2n) is 3.99. The van der Waals surface area contributed by atoms with Crippen LogP contribution in [0.1, 0.15) is 10.4 Å². The smallest absolute Gasteiger partial charge is 0.322 e. The summed E-state index contributed by atoms with van der Waals surface area (Å²) >= 11 is 11.5. The molecule has 2 N–H and O–H groups in total. The lowest BCUT2D eigenvalue weighted by atomic mass is 10.1. The van der Waals surface area contributed by atoms with Crippen LogP contribution in [0.4, 0.5) is 5.69 Å². The molecule has 0 saturated heterocycles. The van der Waals surface area contributed by atoms with E-state index in [4.69, 9.17) is 28.3 Å². The van der Waals surface area contributed by atoms with Crippen molar-refractivity contribution >= 4 is 40.8 Å². The molecule has 0 heterocycles. The number of carboxylic acids is 1. The summed E-state index contributed by atoms with van der Waals surface area (Å²) in [6.45, 7) is 0.832. The predicted molar refractivity (Wildman–Crippen MR) is 80.1 cm³/mol. The summed E-state index contributed by atoms with van der Waals surface area (Å²) in [5, 5.41) is 10.9.